The maximum atomic E-state index is 13.9. The molecule has 41 heavy (non-hydrogen) atoms. The summed E-state index contributed by atoms with van der Waals surface area (Å²) in [6, 6.07) is 18.9. The van der Waals surface area contributed by atoms with Crippen LogP contribution in [0, 0.1) is 0 Å². The number of amides is 3. The van der Waals surface area contributed by atoms with Crippen molar-refractivity contribution in [1.29, 1.82) is 0 Å². The second-order valence-electron chi connectivity index (χ2n) is 10.7. The molecule has 0 aromatic heterocycles. The third-order valence-electron chi connectivity index (χ3n) is 6.39. The number of hydrogen-bond donors (Lipinski definition) is 2. The molecule has 0 bridgehead atoms. The van der Waals surface area contributed by atoms with Crippen LogP contribution in [0.25, 0.3) is 0 Å². The Morgan fingerprint density at radius 2 is 1.76 bits per heavy atom. The van der Waals surface area contributed by atoms with Crippen LogP contribution in [0.2, 0.25) is 5.02 Å². The molecule has 2 N–H and O–H groups in total. The largest absolute Gasteiger partial charge is 0.497 e. The van der Waals surface area contributed by atoms with Crippen molar-refractivity contribution in [2.24, 2.45) is 0 Å². The van der Waals surface area contributed by atoms with Gasteiger partial charge in [0.2, 0.25) is 0 Å². The smallest absolute Gasteiger partial charge is 0.408 e. The predicted octanol–water partition coefficient (Wildman–Crippen LogP) is 6.37. The van der Waals surface area contributed by atoms with Crippen molar-refractivity contribution < 1.29 is 23.9 Å². The number of benzene rings is 3. The molecule has 1 heterocycles. The van der Waals surface area contributed by atoms with Crippen molar-refractivity contribution in [3.63, 3.8) is 0 Å². The van der Waals surface area contributed by atoms with Crippen molar-refractivity contribution in [2.45, 2.75) is 56.8 Å². The molecular formula is C31H34ClN3O5S. The summed E-state index contributed by atoms with van der Waals surface area (Å²) in [6.07, 6.45) is -0.665. The highest BCUT2D eigenvalue weighted by molar-refractivity contribution is 7.99. The maximum absolute atomic E-state index is 13.9. The first-order valence-electron chi connectivity index (χ1n) is 13.2. The number of hydrogen-bond acceptors (Lipinski definition) is 6. The van der Waals surface area contributed by atoms with E-state index >= 15 is 0 Å². The standard InChI is InChI=1S/C31H34ClN3O5S/c1-19(21-8-13-24(39-5)14-9-21)33-28(36)22-10-15-27-26(16-22)35(17-20-6-11-23(32)12-7-20)29(37)25(18-41-27)34-30(38)40-31(2,3)4/h6-16,19,25H,17-18H2,1-5H3,(H,33,36)(H,34,38)/t19-,25+/m1/s1. The Bertz CT molecular complexity index is 1410. The van der Waals surface area contributed by atoms with Crippen molar-refractivity contribution in [3.8, 4) is 5.75 Å². The zero-order valence-corrected chi connectivity index (χ0v) is 25.3. The van der Waals surface area contributed by atoms with Crippen LogP contribution in [0.15, 0.2) is 71.6 Å². The third kappa shape index (κ3) is 7.95. The highest BCUT2D eigenvalue weighted by Crippen LogP contribution is 2.36. The molecule has 4 rings (SSSR count). The van der Waals surface area contributed by atoms with Crippen LogP contribution in [0.1, 0.15) is 55.2 Å². The molecule has 0 saturated heterocycles. The van der Waals surface area contributed by atoms with Crippen molar-refractivity contribution in [2.75, 3.05) is 17.8 Å². The highest BCUT2D eigenvalue weighted by atomic mass is 35.5. The zero-order chi connectivity index (χ0) is 29.7. The molecule has 2 atom stereocenters. The molecular weight excluding hydrogens is 562 g/mol. The normalized spacial score (nSPS) is 15.8. The average molecular weight is 596 g/mol. The SMILES string of the molecule is COc1ccc([C@@H](C)NC(=O)c2ccc3c(c2)N(Cc2ccc(Cl)cc2)C(=O)[C@@H](NC(=O)OC(C)(C)C)CS3)cc1. The number of nitrogens with one attached hydrogen (secondary N) is 2. The Hall–Kier alpha value is -3.69. The van der Waals surface area contributed by atoms with Crippen LogP contribution >= 0.6 is 23.4 Å². The number of fused-ring (bicyclic) bond motifs is 1. The molecule has 10 heteroatoms. The number of thioether (sulfide) groups is 1. The van der Waals surface area contributed by atoms with Crippen LogP contribution < -0.4 is 20.3 Å². The molecule has 3 aromatic carbocycles. The molecule has 3 amide bonds. The summed E-state index contributed by atoms with van der Waals surface area (Å²) in [5.41, 5.74) is 2.08. The van der Waals surface area contributed by atoms with Crippen LogP contribution in [-0.2, 0) is 16.1 Å². The third-order valence-corrected chi connectivity index (χ3v) is 7.80. The van der Waals surface area contributed by atoms with Gasteiger partial charge in [-0.1, -0.05) is 35.9 Å². The van der Waals surface area contributed by atoms with E-state index in [1.807, 2.05) is 49.4 Å². The minimum Gasteiger partial charge on any atom is -0.497 e. The molecule has 0 aliphatic carbocycles. The van der Waals surface area contributed by atoms with E-state index < -0.39 is 17.7 Å². The van der Waals surface area contributed by atoms with Gasteiger partial charge in [-0.15, -0.1) is 11.8 Å². The molecule has 216 valence electrons. The molecule has 1 aliphatic rings. The van der Waals surface area contributed by atoms with Gasteiger partial charge in [0.05, 0.1) is 25.4 Å². The first-order valence-corrected chi connectivity index (χ1v) is 14.6. The lowest BCUT2D eigenvalue weighted by molar-refractivity contribution is -0.120. The van der Waals surface area contributed by atoms with Gasteiger partial charge in [0.25, 0.3) is 11.8 Å². The van der Waals surface area contributed by atoms with Gasteiger partial charge in [-0.05, 0) is 81.3 Å². The summed E-state index contributed by atoms with van der Waals surface area (Å²) in [7, 11) is 1.60. The summed E-state index contributed by atoms with van der Waals surface area (Å²) in [6.45, 7) is 7.43. The lowest BCUT2D eigenvalue weighted by atomic mass is 10.1. The van der Waals surface area contributed by atoms with Crippen molar-refractivity contribution >= 4 is 47.0 Å². The molecule has 0 unspecified atom stereocenters. The summed E-state index contributed by atoms with van der Waals surface area (Å²) in [5, 5.41) is 6.35. The van der Waals surface area contributed by atoms with E-state index in [0.717, 1.165) is 21.8 Å². The fraction of sp³-hybridized carbons (Fsp3) is 0.323. The predicted molar refractivity (Wildman–Crippen MR) is 162 cm³/mol. The fourth-order valence-corrected chi connectivity index (χ4v) is 5.47. The van der Waals surface area contributed by atoms with Crippen LogP contribution in [0.3, 0.4) is 0 Å². The molecule has 8 nitrogen and oxygen atoms in total. The molecule has 3 aromatic rings. The Kier molecular flexibility index (Phi) is 9.50. The quantitative estimate of drug-likeness (QED) is 0.329. The number of methoxy groups -OCH3 is 1. The second-order valence-corrected chi connectivity index (χ2v) is 12.2. The number of nitrogens with zero attached hydrogens (tertiary/aromatic N) is 1. The summed E-state index contributed by atoms with van der Waals surface area (Å²) >= 11 is 7.52. The Morgan fingerprint density at radius 3 is 2.39 bits per heavy atom. The number of ether oxygens (including phenoxy) is 2. The topological polar surface area (TPSA) is 97.0 Å². The number of carbonyl (C=O) groups is 3. The Morgan fingerprint density at radius 1 is 1.07 bits per heavy atom. The van der Waals surface area contributed by atoms with Gasteiger partial charge in [0, 0.05) is 21.2 Å². The van der Waals surface area contributed by atoms with Gasteiger partial charge in [0.1, 0.15) is 17.4 Å². The van der Waals surface area contributed by atoms with Crippen molar-refractivity contribution in [1.82, 2.24) is 10.6 Å². The van der Waals surface area contributed by atoms with Gasteiger partial charge in [-0.25, -0.2) is 4.79 Å². The summed E-state index contributed by atoms with van der Waals surface area (Å²) in [5.74, 6) is 0.469. The minimum absolute atomic E-state index is 0.226. The molecule has 0 radical (unpaired) electrons. The lowest BCUT2D eigenvalue weighted by Gasteiger charge is -2.27. The van der Waals surface area contributed by atoms with E-state index in [1.54, 1.807) is 57.0 Å². The fourth-order valence-electron chi connectivity index (χ4n) is 4.29. The number of halogens is 1. The number of anilines is 1. The number of rotatable bonds is 7. The monoisotopic (exact) mass is 595 g/mol. The first kappa shape index (κ1) is 30.3. The van der Waals surface area contributed by atoms with E-state index in [4.69, 9.17) is 21.1 Å². The maximum Gasteiger partial charge on any atom is 0.408 e. The zero-order valence-electron chi connectivity index (χ0n) is 23.7. The highest BCUT2D eigenvalue weighted by Gasteiger charge is 2.33. The van der Waals surface area contributed by atoms with E-state index in [0.29, 0.717) is 22.0 Å². The van der Waals surface area contributed by atoms with E-state index in [9.17, 15) is 14.4 Å². The lowest BCUT2D eigenvalue weighted by Crippen LogP contribution is -2.50. The van der Waals surface area contributed by atoms with Crippen molar-refractivity contribution in [3.05, 3.63) is 88.4 Å². The average Bonchev–Trinajstić information content (AvgIpc) is 3.05. The van der Waals surface area contributed by atoms with Crippen LogP contribution in [-0.4, -0.2) is 42.4 Å². The van der Waals surface area contributed by atoms with Crippen LogP contribution in [0.5, 0.6) is 5.75 Å². The second kappa shape index (κ2) is 12.9. The van der Waals surface area contributed by atoms with Crippen LogP contribution in [0.4, 0.5) is 10.5 Å². The first-order chi connectivity index (χ1) is 19.4. The molecule has 0 saturated carbocycles. The van der Waals surface area contributed by atoms with E-state index in [2.05, 4.69) is 10.6 Å². The van der Waals surface area contributed by atoms with E-state index in [1.165, 1.54) is 11.8 Å². The van der Waals surface area contributed by atoms with E-state index in [-0.39, 0.29) is 24.4 Å². The number of alkyl carbamates (subject to hydrolysis) is 1. The molecule has 0 fully saturated rings. The summed E-state index contributed by atoms with van der Waals surface area (Å²) in [4.78, 5) is 42.2. The molecule has 0 spiro atoms. The Labute approximate surface area is 249 Å². The van der Waals surface area contributed by atoms with Gasteiger partial charge in [-0.2, -0.15) is 0 Å². The van der Waals surface area contributed by atoms with Gasteiger partial charge in [0.15, 0.2) is 0 Å². The molecule has 1 aliphatic heterocycles. The van der Waals surface area contributed by atoms with Gasteiger partial charge < -0.3 is 25.0 Å². The van der Waals surface area contributed by atoms with Gasteiger partial charge in [-0.3, -0.25) is 9.59 Å². The minimum atomic E-state index is -0.832. The summed E-state index contributed by atoms with van der Waals surface area (Å²) < 4.78 is 10.6. The van der Waals surface area contributed by atoms with Gasteiger partial charge >= 0.3 is 6.09 Å². The number of carbonyl (C=O) groups excluding carboxylic acids is 3. The Balaban J connectivity index is 1.61.